The van der Waals surface area contributed by atoms with E-state index in [0.29, 0.717) is 0 Å². The molecule has 2 heterocycles. The zero-order valence-electron chi connectivity index (χ0n) is 12.0. The van der Waals surface area contributed by atoms with Crippen molar-refractivity contribution in [3.05, 3.63) is 65.7 Å². The molecule has 1 aliphatic heterocycles. The summed E-state index contributed by atoms with van der Waals surface area (Å²) in [4.78, 5) is 15.8. The zero-order chi connectivity index (χ0) is 14.9. The van der Waals surface area contributed by atoms with Gasteiger partial charge in [0.1, 0.15) is 0 Å². The quantitative estimate of drug-likeness (QED) is 0.759. The molecule has 4 heteroatoms. The Morgan fingerprint density at radius 3 is 2.73 bits per heavy atom. The van der Waals surface area contributed by atoms with Crippen molar-refractivity contribution in [3.8, 4) is 0 Å². The SMILES string of the molecule is O=C(N[C@H]1CSc2[nH]c3ccccc3c2C1)c1ccccc1. The lowest BCUT2D eigenvalue weighted by atomic mass is 10.0. The van der Waals surface area contributed by atoms with Crippen LogP contribution in [0.2, 0.25) is 0 Å². The molecule has 0 radical (unpaired) electrons. The molecule has 0 saturated heterocycles. The van der Waals surface area contributed by atoms with E-state index in [2.05, 4.69) is 28.5 Å². The standard InChI is InChI=1S/C18H16N2OS/c21-17(12-6-2-1-3-7-12)19-13-10-15-14-8-4-5-9-16(14)20-18(15)22-11-13/h1-9,13,20H,10-11H2,(H,19,21)/t13-/m1/s1. The van der Waals surface area contributed by atoms with Crippen LogP contribution >= 0.6 is 11.8 Å². The Morgan fingerprint density at radius 2 is 1.86 bits per heavy atom. The summed E-state index contributed by atoms with van der Waals surface area (Å²) in [7, 11) is 0. The van der Waals surface area contributed by atoms with Gasteiger partial charge in [0, 0.05) is 28.3 Å². The molecule has 0 fully saturated rings. The van der Waals surface area contributed by atoms with Gasteiger partial charge >= 0.3 is 0 Å². The fraction of sp³-hybridized carbons (Fsp3) is 0.167. The number of rotatable bonds is 2. The first kappa shape index (κ1) is 13.5. The van der Waals surface area contributed by atoms with Gasteiger partial charge < -0.3 is 10.3 Å². The van der Waals surface area contributed by atoms with Crippen molar-refractivity contribution in [2.75, 3.05) is 5.75 Å². The number of carbonyl (C=O) groups excluding carboxylic acids is 1. The van der Waals surface area contributed by atoms with E-state index in [1.54, 1.807) is 11.8 Å². The number of thioether (sulfide) groups is 1. The minimum Gasteiger partial charge on any atom is -0.349 e. The number of nitrogens with one attached hydrogen (secondary N) is 2. The molecule has 0 aliphatic carbocycles. The molecular weight excluding hydrogens is 292 g/mol. The van der Waals surface area contributed by atoms with Crippen LogP contribution in [0, 0.1) is 0 Å². The van der Waals surface area contributed by atoms with Gasteiger partial charge in [0.25, 0.3) is 5.91 Å². The van der Waals surface area contributed by atoms with Crippen molar-refractivity contribution in [2.45, 2.75) is 17.5 Å². The molecule has 3 nitrogen and oxygen atoms in total. The lowest BCUT2D eigenvalue weighted by Gasteiger charge is -2.23. The number of aromatic nitrogens is 1. The number of aromatic amines is 1. The normalized spacial score (nSPS) is 17.2. The molecule has 1 amide bonds. The first-order valence-corrected chi connectivity index (χ1v) is 8.38. The van der Waals surface area contributed by atoms with E-state index in [1.165, 1.54) is 21.5 Å². The number of H-pyrrole nitrogens is 1. The largest absolute Gasteiger partial charge is 0.349 e. The maximum atomic E-state index is 12.3. The minimum atomic E-state index is 0.00879. The van der Waals surface area contributed by atoms with Crippen LogP contribution in [0.3, 0.4) is 0 Å². The van der Waals surface area contributed by atoms with Gasteiger partial charge in [0.15, 0.2) is 0 Å². The maximum absolute atomic E-state index is 12.3. The summed E-state index contributed by atoms with van der Waals surface area (Å²) in [5.41, 5.74) is 3.22. The fourth-order valence-electron chi connectivity index (χ4n) is 2.94. The van der Waals surface area contributed by atoms with E-state index < -0.39 is 0 Å². The van der Waals surface area contributed by atoms with E-state index in [9.17, 15) is 4.79 Å². The number of carbonyl (C=O) groups is 1. The average Bonchev–Trinajstić information content (AvgIpc) is 2.94. The Balaban J connectivity index is 1.56. The predicted octanol–water partition coefficient (Wildman–Crippen LogP) is 3.61. The molecule has 110 valence electrons. The van der Waals surface area contributed by atoms with E-state index in [-0.39, 0.29) is 11.9 Å². The summed E-state index contributed by atoms with van der Waals surface area (Å²) in [6.07, 6.45) is 0.880. The Kier molecular flexibility index (Phi) is 3.39. The molecule has 1 aliphatic rings. The summed E-state index contributed by atoms with van der Waals surface area (Å²) in [6, 6.07) is 17.9. The molecule has 22 heavy (non-hydrogen) atoms. The summed E-state index contributed by atoms with van der Waals surface area (Å²) in [5, 5.41) is 5.67. The van der Waals surface area contributed by atoms with Crippen LogP contribution in [0.25, 0.3) is 10.9 Å². The van der Waals surface area contributed by atoms with Crippen LogP contribution in [0.4, 0.5) is 0 Å². The Labute approximate surface area is 133 Å². The Bertz CT molecular complexity index is 825. The van der Waals surface area contributed by atoms with Crippen molar-refractivity contribution < 1.29 is 4.79 Å². The number of amides is 1. The fourth-order valence-corrected chi connectivity index (χ4v) is 4.06. The van der Waals surface area contributed by atoms with Crippen LogP contribution in [0.1, 0.15) is 15.9 Å². The van der Waals surface area contributed by atoms with Crippen molar-refractivity contribution in [1.29, 1.82) is 0 Å². The number of hydrogen-bond acceptors (Lipinski definition) is 2. The Morgan fingerprint density at radius 1 is 1.09 bits per heavy atom. The van der Waals surface area contributed by atoms with Gasteiger partial charge in [-0.25, -0.2) is 0 Å². The first-order chi connectivity index (χ1) is 10.8. The van der Waals surface area contributed by atoms with E-state index in [1.807, 2.05) is 36.4 Å². The summed E-state index contributed by atoms with van der Waals surface area (Å²) in [6.45, 7) is 0. The molecule has 0 unspecified atom stereocenters. The molecule has 0 spiro atoms. The second-order valence-corrected chi connectivity index (χ2v) is 6.56. The average molecular weight is 308 g/mol. The third-order valence-corrected chi connectivity index (χ3v) is 5.23. The van der Waals surface area contributed by atoms with E-state index in [4.69, 9.17) is 0 Å². The topological polar surface area (TPSA) is 44.9 Å². The van der Waals surface area contributed by atoms with Gasteiger partial charge in [0.2, 0.25) is 0 Å². The lowest BCUT2D eigenvalue weighted by molar-refractivity contribution is 0.0940. The molecule has 1 aromatic heterocycles. The highest BCUT2D eigenvalue weighted by Crippen LogP contribution is 2.35. The van der Waals surface area contributed by atoms with Crippen molar-refractivity contribution in [3.63, 3.8) is 0 Å². The van der Waals surface area contributed by atoms with Crippen molar-refractivity contribution >= 4 is 28.6 Å². The number of benzene rings is 2. The summed E-state index contributed by atoms with van der Waals surface area (Å²) in [5.74, 6) is 0.910. The first-order valence-electron chi connectivity index (χ1n) is 7.39. The van der Waals surface area contributed by atoms with Crippen LogP contribution in [0.5, 0.6) is 0 Å². The van der Waals surface area contributed by atoms with Crippen LogP contribution in [0.15, 0.2) is 59.6 Å². The zero-order valence-corrected chi connectivity index (χ0v) is 12.8. The molecule has 3 aromatic rings. The Hall–Kier alpha value is -2.20. The van der Waals surface area contributed by atoms with Crippen LogP contribution in [-0.4, -0.2) is 22.7 Å². The second-order valence-electron chi connectivity index (χ2n) is 5.53. The van der Waals surface area contributed by atoms with Crippen molar-refractivity contribution in [1.82, 2.24) is 10.3 Å². The molecule has 0 bridgehead atoms. The van der Waals surface area contributed by atoms with Crippen molar-refractivity contribution in [2.24, 2.45) is 0 Å². The molecule has 2 aromatic carbocycles. The van der Waals surface area contributed by atoms with Crippen LogP contribution in [-0.2, 0) is 6.42 Å². The highest BCUT2D eigenvalue weighted by atomic mass is 32.2. The molecule has 4 rings (SSSR count). The van der Waals surface area contributed by atoms with Gasteiger partial charge in [0.05, 0.1) is 5.03 Å². The maximum Gasteiger partial charge on any atom is 0.251 e. The predicted molar refractivity (Wildman–Crippen MR) is 90.4 cm³/mol. The van der Waals surface area contributed by atoms with Crippen LogP contribution < -0.4 is 5.32 Å². The molecule has 0 saturated carbocycles. The molecule has 1 atom stereocenters. The summed E-state index contributed by atoms with van der Waals surface area (Å²) >= 11 is 1.79. The monoisotopic (exact) mass is 308 g/mol. The number of hydrogen-bond donors (Lipinski definition) is 2. The minimum absolute atomic E-state index is 0.00879. The molecule has 2 N–H and O–H groups in total. The van der Waals surface area contributed by atoms with Gasteiger partial charge in [-0.2, -0.15) is 0 Å². The highest BCUT2D eigenvalue weighted by molar-refractivity contribution is 7.99. The van der Waals surface area contributed by atoms with Gasteiger partial charge in [-0.3, -0.25) is 4.79 Å². The van der Waals surface area contributed by atoms with E-state index >= 15 is 0 Å². The smallest absolute Gasteiger partial charge is 0.251 e. The number of para-hydroxylation sites is 1. The van der Waals surface area contributed by atoms with E-state index in [0.717, 1.165) is 17.7 Å². The molecular formula is C18H16N2OS. The lowest BCUT2D eigenvalue weighted by Crippen LogP contribution is -2.39. The highest BCUT2D eigenvalue weighted by Gasteiger charge is 2.24. The van der Waals surface area contributed by atoms with Gasteiger partial charge in [-0.1, -0.05) is 36.4 Å². The second kappa shape index (κ2) is 5.54. The number of fused-ring (bicyclic) bond motifs is 3. The summed E-state index contributed by atoms with van der Waals surface area (Å²) < 4.78 is 0. The van der Waals surface area contributed by atoms with Gasteiger partial charge in [-0.15, -0.1) is 11.8 Å². The third-order valence-electron chi connectivity index (χ3n) is 4.03. The van der Waals surface area contributed by atoms with Gasteiger partial charge in [-0.05, 0) is 30.2 Å². The third kappa shape index (κ3) is 2.40.